The topological polar surface area (TPSA) is 87.2 Å². The average molecular weight is 607 g/mol. The molecule has 2 aliphatic heterocycles. The fraction of sp³-hybridized carbons (Fsp3) is 0.167. The molecule has 3 aromatic carbocycles. The van der Waals surface area contributed by atoms with Gasteiger partial charge in [-0.05, 0) is 15.4 Å². The summed E-state index contributed by atoms with van der Waals surface area (Å²) in [6.45, 7) is 6.15. The number of hydrogen-bond acceptors (Lipinski definition) is 6. The second-order valence-corrected chi connectivity index (χ2v) is 11.8. The maximum atomic E-state index is 5.30. The zero-order valence-electron chi connectivity index (χ0n) is 25.5. The van der Waals surface area contributed by atoms with E-state index in [1.807, 2.05) is 45.2 Å². The van der Waals surface area contributed by atoms with Gasteiger partial charge >= 0.3 is 0 Å². The second-order valence-electron chi connectivity index (χ2n) is 10.9. The van der Waals surface area contributed by atoms with Crippen LogP contribution in [0.15, 0.2) is 97.1 Å². The van der Waals surface area contributed by atoms with E-state index in [0.29, 0.717) is 20.4 Å². The van der Waals surface area contributed by atoms with Gasteiger partial charge < -0.3 is 4.57 Å². The monoisotopic (exact) mass is 606 g/mol. The zero-order valence-corrected chi connectivity index (χ0v) is 26.5. The van der Waals surface area contributed by atoms with Crippen LogP contribution in [-0.2, 0) is 7.05 Å². The normalized spacial score (nSPS) is 16.6. The molecule has 8 nitrogen and oxygen atoms in total. The van der Waals surface area contributed by atoms with Crippen molar-refractivity contribution in [2.75, 3.05) is 6.66 Å². The highest BCUT2D eigenvalue weighted by molar-refractivity contribution is 7.35. The minimum atomic E-state index is -0.000727. The zero-order chi connectivity index (χ0) is 30.7. The Balaban J connectivity index is 0.00000147. The van der Waals surface area contributed by atoms with Crippen LogP contribution in [-0.4, -0.2) is 45.5 Å². The molecular weight excluding hydrogens is 575 g/mol. The molecule has 0 saturated heterocycles. The Morgan fingerprint density at radius 3 is 1.49 bits per heavy atom. The third kappa shape index (κ3) is 4.16. The van der Waals surface area contributed by atoms with Crippen molar-refractivity contribution in [3.63, 3.8) is 0 Å². The highest BCUT2D eigenvalue weighted by Crippen LogP contribution is 2.41. The van der Waals surface area contributed by atoms with Crippen LogP contribution in [0.5, 0.6) is 0 Å². The molecule has 3 aromatic heterocycles. The molecule has 5 heterocycles. The van der Waals surface area contributed by atoms with E-state index in [9.17, 15) is 0 Å². The van der Waals surface area contributed by atoms with Crippen molar-refractivity contribution in [1.29, 1.82) is 0 Å². The summed E-state index contributed by atoms with van der Waals surface area (Å²) < 4.78 is 4.25. The molecule has 1 aliphatic carbocycles. The molecule has 0 radical (unpaired) electrons. The Kier molecular flexibility index (Phi) is 6.61. The number of allylic oxidation sites excluding steroid dienone is 4. The molecule has 3 atom stereocenters. The first-order valence-corrected chi connectivity index (χ1v) is 16.8. The number of hydrogen-bond donors (Lipinski definition) is 0. The Morgan fingerprint density at radius 1 is 0.533 bits per heavy atom. The number of aromatic nitrogens is 8. The van der Waals surface area contributed by atoms with E-state index in [2.05, 4.69) is 88.4 Å². The average Bonchev–Trinajstić information content (AvgIpc) is 3.79. The largest absolute Gasteiger partial charge is 0.313 e. The third-order valence-corrected chi connectivity index (χ3v) is 9.42. The van der Waals surface area contributed by atoms with Crippen LogP contribution in [0.4, 0.5) is 0 Å². The molecule has 0 saturated carbocycles. The number of rotatable bonds is 1. The Labute approximate surface area is 262 Å². The van der Waals surface area contributed by atoms with Crippen LogP contribution >= 0.6 is 8.73 Å². The summed E-state index contributed by atoms with van der Waals surface area (Å²) in [6.07, 6.45) is 8.52. The summed E-state index contributed by atoms with van der Waals surface area (Å²) in [7, 11) is 2.41. The van der Waals surface area contributed by atoms with Crippen molar-refractivity contribution in [2.24, 2.45) is 7.05 Å². The molecular formula is C36H31N8P. The quantitative estimate of drug-likeness (QED) is 0.176. The lowest BCUT2D eigenvalue weighted by Crippen LogP contribution is -2.05. The highest BCUT2D eigenvalue weighted by atomic mass is 31.1. The SMILES string of the molecule is CC.CPn1c2nc3nc(nc4c5ccccc5c(nc5nc(nc1c1ccccc12)C1C=CC=CC51)n4C)-c1ccccc1-3. The first-order chi connectivity index (χ1) is 22.2. The highest BCUT2D eigenvalue weighted by Gasteiger charge is 2.33. The first kappa shape index (κ1) is 27.5. The van der Waals surface area contributed by atoms with E-state index in [1.165, 1.54) is 0 Å². The lowest BCUT2D eigenvalue weighted by molar-refractivity contribution is 0.734. The van der Waals surface area contributed by atoms with Crippen LogP contribution < -0.4 is 0 Å². The lowest BCUT2D eigenvalue weighted by atomic mass is 9.90. The Morgan fingerprint density at radius 2 is 0.956 bits per heavy atom. The van der Waals surface area contributed by atoms with Gasteiger partial charge in [-0.15, -0.1) is 0 Å². The van der Waals surface area contributed by atoms with E-state index in [0.717, 1.165) is 66.9 Å². The van der Waals surface area contributed by atoms with Crippen LogP contribution in [0.3, 0.4) is 0 Å². The van der Waals surface area contributed by atoms with E-state index >= 15 is 0 Å². The van der Waals surface area contributed by atoms with Gasteiger partial charge in [-0.25, -0.2) is 29.9 Å². The molecule has 3 unspecified atom stereocenters. The number of aryl methyl sites for hydroxylation is 1. The van der Waals surface area contributed by atoms with Crippen molar-refractivity contribution >= 4 is 52.9 Å². The number of fused-ring (bicyclic) bond motifs is 20. The van der Waals surface area contributed by atoms with Gasteiger partial charge in [-0.1, -0.05) is 111 Å². The van der Waals surface area contributed by atoms with Crippen LogP contribution in [0.1, 0.15) is 37.3 Å². The maximum absolute atomic E-state index is 5.30. The fourth-order valence-corrected chi connectivity index (χ4v) is 7.26. The van der Waals surface area contributed by atoms with E-state index in [1.54, 1.807) is 0 Å². The predicted octanol–water partition coefficient (Wildman–Crippen LogP) is 8.11. The minimum absolute atomic E-state index is 0.000588. The second kappa shape index (κ2) is 10.8. The van der Waals surface area contributed by atoms with Gasteiger partial charge in [0.1, 0.15) is 34.2 Å². The van der Waals surface area contributed by atoms with Crippen LogP contribution in [0, 0.1) is 0 Å². The molecule has 0 fully saturated rings. The summed E-state index contributed by atoms with van der Waals surface area (Å²) in [5.41, 5.74) is 5.23. The van der Waals surface area contributed by atoms with Gasteiger partial charge in [0.15, 0.2) is 11.6 Å². The smallest absolute Gasteiger partial charge is 0.164 e. The van der Waals surface area contributed by atoms with Crippen molar-refractivity contribution in [2.45, 2.75) is 25.7 Å². The summed E-state index contributed by atoms with van der Waals surface area (Å²) >= 11 is 0. The summed E-state index contributed by atoms with van der Waals surface area (Å²) in [4.78, 5) is 31.1. The molecule has 8 bridgehead atoms. The van der Waals surface area contributed by atoms with Crippen molar-refractivity contribution < 1.29 is 0 Å². The molecule has 9 heteroatoms. The number of benzene rings is 3. The Bertz CT molecular complexity index is 2380. The van der Waals surface area contributed by atoms with Crippen molar-refractivity contribution in [3.05, 3.63) is 109 Å². The van der Waals surface area contributed by atoms with Crippen molar-refractivity contribution in [1.82, 2.24) is 38.8 Å². The van der Waals surface area contributed by atoms with Gasteiger partial charge in [-0.2, -0.15) is 0 Å². The van der Waals surface area contributed by atoms with Gasteiger partial charge in [0.25, 0.3) is 0 Å². The standard InChI is InChI=1S/C34H25N8P.C2H6/c1-41-31-23-15-7-8-16-24(23)32(41)38-28-20-12-4-6-14-22(20)30(36-28)40-34-26-18-10-9-17-25(26)33(42(34)43-2)39-29-21-13-5-3-11-19(21)27(35-29)37-31;1-2/h3-19,21,43H,1-2H3;1-2H3. The van der Waals surface area contributed by atoms with Crippen molar-refractivity contribution in [3.8, 4) is 22.8 Å². The van der Waals surface area contributed by atoms with Gasteiger partial charge in [0.05, 0.1) is 11.8 Å². The molecule has 0 spiro atoms. The van der Waals surface area contributed by atoms with E-state index < -0.39 is 0 Å². The maximum Gasteiger partial charge on any atom is 0.164 e. The molecule has 9 rings (SSSR count). The fourth-order valence-electron chi connectivity index (χ4n) is 6.50. The molecule has 6 aromatic rings. The van der Waals surface area contributed by atoms with Crippen LogP contribution in [0.25, 0.3) is 66.9 Å². The predicted molar refractivity (Wildman–Crippen MR) is 185 cm³/mol. The molecule has 45 heavy (non-hydrogen) atoms. The van der Waals surface area contributed by atoms with Gasteiger partial charge in [-0.3, -0.25) is 4.34 Å². The van der Waals surface area contributed by atoms with E-state index in [4.69, 9.17) is 29.9 Å². The van der Waals surface area contributed by atoms with Gasteiger partial charge in [0, 0.05) is 39.7 Å². The summed E-state index contributed by atoms with van der Waals surface area (Å²) in [5.74, 6) is 2.79. The molecule has 0 N–H and O–H groups in total. The number of nitrogens with zero attached hydrogens (tertiary/aromatic N) is 8. The molecule has 220 valence electrons. The summed E-state index contributed by atoms with van der Waals surface area (Å²) in [6, 6.07) is 24.8. The van der Waals surface area contributed by atoms with Gasteiger partial charge in [0.2, 0.25) is 0 Å². The minimum Gasteiger partial charge on any atom is -0.313 e. The molecule has 0 amide bonds. The molecule has 3 aliphatic rings. The van der Waals surface area contributed by atoms with E-state index in [-0.39, 0.29) is 11.8 Å². The first-order valence-electron chi connectivity index (χ1n) is 15.3. The summed E-state index contributed by atoms with van der Waals surface area (Å²) in [5, 5.41) is 4.10. The Hall–Kier alpha value is -5.07. The lowest BCUT2D eigenvalue weighted by Gasteiger charge is -2.13. The third-order valence-electron chi connectivity index (χ3n) is 8.55. The van der Waals surface area contributed by atoms with Crippen LogP contribution in [0.2, 0.25) is 0 Å².